The highest BCUT2D eigenvalue weighted by Gasteiger charge is 2.27. The fourth-order valence-electron chi connectivity index (χ4n) is 4.23. The van der Waals surface area contributed by atoms with Crippen LogP contribution in [-0.2, 0) is 4.74 Å². The van der Waals surface area contributed by atoms with E-state index in [-0.39, 0.29) is 5.95 Å². The first kappa shape index (κ1) is 21.7. The van der Waals surface area contributed by atoms with Crippen LogP contribution in [0.5, 0.6) is 5.75 Å². The quantitative estimate of drug-likeness (QED) is 0.551. The van der Waals surface area contributed by atoms with Crippen molar-refractivity contribution in [2.24, 2.45) is 0 Å². The Kier molecular flexibility index (Phi) is 5.94. The van der Waals surface area contributed by atoms with E-state index in [9.17, 15) is 8.78 Å². The summed E-state index contributed by atoms with van der Waals surface area (Å²) in [5, 5.41) is 4.02. The molecule has 10 nitrogen and oxygen atoms in total. The lowest BCUT2D eigenvalue weighted by atomic mass is 10.3. The van der Waals surface area contributed by atoms with Gasteiger partial charge in [0, 0.05) is 33.2 Å². The number of benzene rings is 1. The summed E-state index contributed by atoms with van der Waals surface area (Å²) >= 11 is 0. The number of ether oxygens (including phenoxy) is 2. The van der Waals surface area contributed by atoms with Gasteiger partial charge in [-0.15, -0.1) is 0 Å². The normalized spacial score (nSPS) is 17.3. The monoisotopic (exact) mass is 460 g/mol. The number of hydrazine groups is 1. The van der Waals surface area contributed by atoms with Crippen LogP contribution in [0.2, 0.25) is 0 Å². The van der Waals surface area contributed by atoms with Crippen molar-refractivity contribution in [3.63, 3.8) is 0 Å². The van der Waals surface area contributed by atoms with E-state index < -0.39 is 12.2 Å². The number of hydrogen-bond donors (Lipinski definition) is 0. The van der Waals surface area contributed by atoms with Crippen LogP contribution in [0.4, 0.5) is 20.7 Å². The van der Waals surface area contributed by atoms with Gasteiger partial charge >= 0.3 is 0 Å². The molecule has 0 amide bonds. The van der Waals surface area contributed by atoms with E-state index in [1.54, 1.807) is 18.2 Å². The lowest BCUT2D eigenvalue weighted by Gasteiger charge is -2.30. The maximum atomic E-state index is 14.1. The van der Waals surface area contributed by atoms with Crippen LogP contribution in [0, 0.1) is 0 Å². The van der Waals surface area contributed by atoms with Crippen molar-refractivity contribution in [1.82, 2.24) is 29.5 Å². The number of hydrogen-bond acceptors (Lipinski definition) is 9. The van der Waals surface area contributed by atoms with E-state index >= 15 is 0 Å². The number of methoxy groups -OCH3 is 1. The number of anilines is 2. The number of aromatic nitrogens is 5. The van der Waals surface area contributed by atoms with E-state index in [0.29, 0.717) is 55.0 Å². The molecule has 0 bridgehead atoms. The Hall–Kier alpha value is -3.12. The van der Waals surface area contributed by atoms with Gasteiger partial charge in [-0.3, -0.25) is 9.58 Å². The molecule has 2 aliphatic rings. The lowest BCUT2D eigenvalue weighted by Crippen LogP contribution is -2.41. The summed E-state index contributed by atoms with van der Waals surface area (Å²) in [6, 6.07) is 5.13. The number of halogens is 2. The van der Waals surface area contributed by atoms with Crippen LogP contribution in [0.15, 0.2) is 18.2 Å². The van der Waals surface area contributed by atoms with Gasteiger partial charge in [-0.1, -0.05) is 6.07 Å². The summed E-state index contributed by atoms with van der Waals surface area (Å²) in [7, 11) is 3.37. The third kappa shape index (κ3) is 4.04. The number of morpholine rings is 1. The van der Waals surface area contributed by atoms with E-state index in [1.807, 2.05) is 17.0 Å². The first-order valence-corrected chi connectivity index (χ1v) is 11.0. The second-order valence-corrected chi connectivity index (χ2v) is 7.95. The zero-order chi connectivity index (χ0) is 22.9. The molecular formula is C21H26F2N8O2. The molecule has 4 heterocycles. The molecule has 0 atom stereocenters. The summed E-state index contributed by atoms with van der Waals surface area (Å²) in [4.78, 5) is 20.1. The Morgan fingerprint density at radius 2 is 1.73 bits per heavy atom. The largest absolute Gasteiger partial charge is 0.494 e. The van der Waals surface area contributed by atoms with Gasteiger partial charge < -0.3 is 14.4 Å². The van der Waals surface area contributed by atoms with Crippen molar-refractivity contribution in [3.05, 3.63) is 24.0 Å². The fourth-order valence-corrected chi connectivity index (χ4v) is 4.23. The second-order valence-electron chi connectivity index (χ2n) is 7.95. The van der Waals surface area contributed by atoms with Crippen molar-refractivity contribution in [1.29, 1.82) is 0 Å². The van der Waals surface area contributed by atoms with Crippen LogP contribution in [0.25, 0.3) is 17.0 Å². The van der Waals surface area contributed by atoms with Crippen LogP contribution in [0.3, 0.4) is 0 Å². The Morgan fingerprint density at radius 3 is 2.42 bits per heavy atom. The second kappa shape index (κ2) is 9.02. The molecule has 33 heavy (non-hydrogen) atoms. The summed E-state index contributed by atoms with van der Waals surface area (Å²) in [6.07, 6.45) is -0.661. The smallest absolute Gasteiger partial charge is 0.296 e. The van der Waals surface area contributed by atoms with E-state index in [1.165, 1.54) is 11.7 Å². The molecule has 3 aromatic rings. The number of imidazole rings is 1. The molecule has 0 N–H and O–H groups in total. The van der Waals surface area contributed by atoms with Gasteiger partial charge in [0.05, 0.1) is 25.8 Å². The average molecular weight is 460 g/mol. The van der Waals surface area contributed by atoms with Crippen LogP contribution >= 0.6 is 0 Å². The molecule has 2 aliphatic heterocycles. The van der Waals surface area contributed by atoms with Crippen molar-refractivity contribution < 1.29 is 18.3 Å². The van der Waals surface area contributed by atoms with E-state index in [4.69, 9.17) is 9.47 Å². The zero-order valence-electron chi connectivity index (χ0n) is 18.6. The summed E-state index contributed by atoms with van der Waals surface area (Å²) in [5.74, 6) is 0.884. The molecule has 0 radical (unpaired) electrons. The summed E-state index contributed by atoms with van der Waals surface area (Å²) in [6.45, 7) is 4.08. The highest BCUT2D eigenvalue weighted by atomic mass is 19.3. The Balaban J connectivity index is 1.69. The molecule has 5 rings (SSSR count). The van der Waals surface area contributed by atoms with Crippen molar-refractivity contribution in [2.45, 2.75) is 19.3 Å². The number of rotatable bonds is 6. The van der Waals surface area contributed by atoms with Crippen LogP contribution < -0.4 is 14.6 Å². The predicted octanol–water partition coefficient (Wildman–Crippen LogP) is 2.44. The minimum absolute atomic E-state index is 0.0959. The highest BCUT2D eigenvalue weighted by molar-refractivity contribution is 5.84. The third-order valence-corrected chi connectivity index (χ3v) is 5.98. The Bertz CT molecular complexity index is 1130. The van der Waals surface area contributed by atoms with Gasteiger partial charge in [0.25, 0.3) is 6.43 Å². The first-order chi connectivity index (χ1) is 16.1. The SMILES string of the molecule is COc1cccc2c1nc(C(F)F)n2-c1nc(N2CCOCC2)nc(N(C)N2CCCC2)n1. The summed E-state index contributed by atoms with van der Waals surface area (Å²) < 4.78 is 40.3. The zero-order valence-corrected chi connectivity index (χ0v) is 18.6. The number of fused-ring (bicyclic) bond motifs is 1. The van der Waals surface area contributed by atoms with Gasteiger partial charge in [-0.25, -0.2) is 18.8 Å². The molecule has 12 heteroatoms. The number of alkyl halides is 2. The fraction of sp³-hybridized carbons (Fsp3) is 0.524. The molecule has 176 valence electrons. The molecule has 2 aromatic heterocycles. The van der Waals surface area contributed by atoms with Gasteiger partial charge in [-0.05, 0) is 25.0 Å². The Labute approximate surface area is 189 Å². The number of para-hydroxylation sites is 1. The summed E-state index contributed by atoms with van der Waals surface area (Å²) in [5.41, 5.74) is 0.775. The van der Waals surface area contributed by atoms with Gasteiger partial charge in [0.2, 0.25) is 17.8 Å². The number of nitrogens with zero attached hydrogens (tertiary/aromatic N) is 8. The molecule has 2 fully saturated rings. The Morgan fingerprint density at radius 1 is 1.00 bits per heavy atom. The minimum Gasteiger partial charge on any atom is -0.494 e. The lowest BCUT2D eigenvalue weighted by molar-refractivity contribution is 0.122. The molecule has 0 saturated carbocycles. The molecule has 0 unspecified atom stereocenters. The maximum Gasteiger partial charge on any atom is 0.296 e. The van der Waals surface area contributed by atoms with Gasteiger partial charge in [0.15, 0.2) is 5.82 Å². The van der Waals surface area contributed by atoms with Crippen molar-refractivity contribution >= 4 is 22.9 Å². The predicted molar refractivity (Wildman–Crippen MR) is 118 cm³/mol. The molecule has 0 aliphatic carbocycles. The van der Waals surface area contributed by atoms with E-state index in [2.05, 4.69) is 24.9 Å². The van der Waals surface area contributed by atoms with E-state index in [0.717, 1.165) is 25.9 Å². The molecular weight excluding hydrogens is 434 g/mol. The molecule has 0 spiro atoms. The van der Waals surface area contributed by atoms with Crippen LogP contribution in [0.1, 0.15) is 25.1 Å². The maximum absolute atomic E-state index is 14.1. The van der Waals surface area contributed by atoms with Crippen molar-refractivity contribution in [3.8, 4) is 11.7 Å². The van der Waals surface area contributed by atoms with Crippen LogP contribution in [-0.4, -0.2) is 83.1 Å². The van der Waals surface area contributed by atoms with Gasteiger partial charge in [0.1, 0.15) is 11.3 Å². The molecule has 2 saturated heterocycles. The average Bonchev–Trinajstić information content (AvgIpc) is 3.52. The van der Waals surface area contributed by atoms with Crippen molar-refractivity contribution in [2.75, 3.05) is 63.5 Å². The standard InChI is InChI=1S/C21H26F2N8O2/c1-28(30-8-3-4-9-30)19-25-20(29-10-12-33-13-11-29)27-21(26-19)31-14-6-5-7-15(32-2)16(14)24-18(31)17(22)23/h5-7,17H,3-4,8-13H2,1-2H3. The molecule has 1 aromatic carbocycles. The first-order valence-electron chi connectivity index (χ1n) is 11.0. The highest BCUT2D eigenvalue weighted by Crippen LogP contribution is 2.32. The van der Waals surface area contributed by atoms with Gasteiger partial charge in [-0.2, -0.15) is 15.0 Å². The third-order valence-electron chi connectivity index (χ3n) is 5.98. The minimum atomic E-state index is -2.83. The topological polar surface area (TPSA) is 84.7 Å².